The van der Waals surface area contributed by atoms with Gasteiger partial charge in [-0.25, -0.2) is 8.42 Å². The molecular formula is C15H16ClN3O4S2. The molecule has 10 heteroatoms. The molecule has 2 aromatic rings. The monoisotopic (exact) mass is 401 g/mol. The van der Waals surface area contributed by atoms with Crippen molar-refractivity contribution in [1.82, 2.24) is 14.8 Å². The van der Waals surface area contributed by atoms with Crippen molar-refractivity contribution in [3.05, 3.63) is 29.3 Å². The first-order chi connectivity index (χ1) is 11.8. The van der Waals surface area contributed by atoms with Crippen LogP contribution in [-0.4, -0.2) is 52.5 Å². The predicted octanol–water partition coefficient (Wildman–Crippen LogP) is 1.96. The molecule has 0 aliphatic carbocycles. The minimum atomic E-state index is -3.07. The lowest BCUT2D eigenvalue weighted by molar-refractivity contribution is -0.144. The first kappa shape index (κ1) is 18.2. The van der Waals surface area contributed by atoms with Crippen molar-refractivity contribution in [2.45, 2.75) is 17.7 Å². The number of thioether (sulfide) groups is 1. The number of esters is 1. The van der Waals surface area contributed by atoms with Gasteiger partial charge in [-0.3, -0.25) is 4.79 Å². The van der Waals surface area contributed by atoms with Gasteiger partial charge >= 0.3 is 5.97 Å². The van der Waals surface area contributed by atoms with Crippen molar-refractivity contribution in [3.63, 3.8) is 0 Å². The van der Waals surface area contributed by atoms with Gasteiger partial charge in [-0.1, -0.05) is 23.4 Å². The number of ether oxygens (including phenoxy) is 1. The van der Waals surface area contributed by atoms with E-state index in [4.69, 9.17) is 16.3 Å². The van der Waals surface area contributed by atoms with Crippen molar-refractivity contribution in [1.29, 1.82) is 0 Å². The molecule has 2 heterocycles. The molecule has 1 aromatic carbocycles. The second-order valence-corrected chi connectivity index (χ2v) is 9.28. The fraction of sp³-hybridized carbons (Fsp3) is 0.400. The average Bonchev–Trinajstić information content (AvgIpc) is 3.08. The Balaban J connectivity index is 1.59. The molecule has 25 heavy (non-hydrogen) atoms. The molecule has 0 amide bonds. The SMILES string of the molecule is Cn1c(SCC(=O)O[C@@H]2CCS(=O)(=O)C2)nnc1-c1ccc(Cl)cc1. The molecule has 1 aromatic heterocycles. The van der Waals surface area contributed by atoms with Crippen molar-refractivity contribution >= 4 is 39.2 Å². The smallest absolute Gasteiger partial charge is 0.316 e. The molecule has 0 unspecified atom stereocenters. The number of aromatic nitrogens is 3. The van der Waals surface area contributed by atoms with Crippen molar-refractivity contribution < 1.29 is 17.9 Å². The van der Waals surface area contributed by atoms with Crippen LogP contribution in [0.2, 0.25) is 5.02 Å². The number of carbonyl (C=O) groups is 1. The van der Waals surface area contributed by atoms with E-state index in [0.717, 1.165) is 5.56 Å². The highest BCUT2D eigenvalue weighted by molar-refractivity contribution is 7.99. The van der Waals surface area contributed by atoms with Gasteiger partial charge in [0.1, 0.15) is 6.10 Å². The number of hydrogen-bond acceptors (Lipinski definition) is 7. The van der Waals surface area contributed by atoms with Crippen LogP contribution >= 0.6 is 23.4 Å². The second kappa shape index (κ2) is 7.35. The molecule has 1 atom stereocenters. The summed E-state index contributed by atoms with van der Waals surface area (Å²) in [5.74, 6) is 0.237. The van der Waals surface area contributed by atoms with Crippen molar-refractivity contribution in [2.24, 2.45) is 7.05 Å². The first-order valence-electron chi connectivity index (χ1n) is 7.52. The molecular weight excluding hydrogens is 386 g/mol. The Labute approximate surface area is 154 Å². The van der Waals surface area contributed by atoms with Gasteiger partial charge in [0.2, 0.25) is 0 Å². The van der Waals surface area contributed by atoms with Gasteiger partial charge in [0.15, 0.2) is 20.8 Å². The zero-order valence-electron chi connectivity index (χ0n) is 13.4. The largest absolute Gasteiger partial charge is 0.461 e. The third-order valence-electron chi connectivity index (χ3n) is 3.75. The summed E-state index contributed by atoms with van der Waals surface area (Å²) in [7, 11) is -1.26. The molecule has 1 aliphatic heterocycles. The lowest BCUT2D eigenvalue weighted by Crippen LogP contribution is -2.20. The fourth-order valence-corrected chi connectivity index (χ4v) is 4.90. The molecule has 1 saturated heterocycles. The van der Waals surface area contributed by atoms with Gasteiger partial charge in [-0.2, -0.15) is 0 Å². The van der Waals surface area contributed by atoms with E-state index in [1.807, 2.05) is 12.1 Å². The topological polar surface area (TPSA) is 91.2 Å². The number of carbonyl (C=O) groups excluding carboxylic acids is 1. The molecule has 7 nitrogen and oxygen atoms in total. The quantitative estimate of drug-likeness (QED) is 0.558. The van der Waals surface area contributed by atoms with Gasteiger partial charge in [0, 0.05) is 17.6 Å². The molecule has 0 N–H and O–H groups in total. The number of sulfone groups is 1. The van der Waals surface area contributed by atoms with Crippen LogP contribution in [-0.2, 0) is 26.4 Å². The lowest BCUT2D eigenvalue weighted by atomic mass is 10.2. The second-order valence-electron chi connectivity index (χ2n) is 5.68. The Morgan fingerprint density at radius 2 is 2.08 bits per heavy atom. The minimum absolute atomic E-state index is 0.0448. The highest BCUT2D eigenvalue weighted by Gasteiger charge is 2.30. The number of halogens is 1. The standard InChI is InChI=1S/C15H16ClN3O4S2/c1-19-14(10-2-4-11(16)5-3-10)17-18-15(19)24-8-13(20)23-12-6-7-25(21,22)9-12/h2-5,12H,6-9H2,1H3/t12-/m1/s1. The number of rotatable bonds is 5. The third-order valence-corrected chi connectivity index (χ3v) is 6.73. The van der Waals surface area contributed by atoms with Gasteiger partial charge in [0.05, 0.1) is 17.3 Å². The Kier molecular flexibility index (Phi) is 5.35. The Morgan fingerprint density at radius 1 is 1.36 bits per heavy atom. The van der Waals surface area contributed by atoms with E-state index in [1.54, 1.807) is 23.7 Å². The summed E-state index contributed by atoms with van der Waals surface area (Å²) >= 11 is 7.08. The highest BCUT2D eigenvalue weighted by Crippen LogP contribution is 2.24. The summed E-state index contributed by atoms with van der Waals surface area (Å²) in [5, 5.41) is 9.42. The normalized spacial score (nSPS) is 19.0. The third kappa shape index (κ3) is 4.53. The van der Waals surface area contributed by atoms with E-state index in [-0.39, 0.29) is 17.3 Å². The maximum absolute atomic E-state index is 11.9. The summed E-state index contributed by atoms with van der Waals surface area (Å²) in [5.41, 5.74) is 0.866. The van der Waals surface area contributed by atoms with E-state index in [9.17, 15) is 13.2 Å². The van der Waals surface area contributed by atoms with Crippen molar-refractivity contribution in [3.8, 4) is 11.4 Å². The zero-order valence-corrected chi connectivity index (χ0v) is 15.8. The zero-order chi connectivity index (χ0) is 18.0. The molecule has 0 radical (unpaired) electrons. The predicted molar refractivity (Wildman–Crippen MR) is 95.3 cm³/mol. The maximum atomic E-state index is 11.9. The summed E-state index contributed by atoms with van der Waals surface area (Å²) in [4.78, 5) is 11.9. The maximum Gasteiger partial charge on any atom is 0.316 e. The lowest BCUT2D eigenvalue weighted by Gasteiger charge is -2.09. The summed E-state index contributed by atoms with van der Waals surface area (Å²) in [6.07, 6.45) is -0.175. The Bertz CT molecular complexity index is 881. The van der Waals surface area contributed by atoms with Gasteiger partial charge in [0.25, 0.3) is 0 Å². The first-order valence-corrected chi connectivity index (χ1v) is 10.7. The molecule has 0 bridgehead atoms. The van der Waals surface area contributed by atoms with Crippen LogP contribution in [0.15, 0.2) is 29.4 Å². The summed E-state index contributed by atoms with van der Waals surface area (Å²) < 4.78 is 29.7. The number of nitrogens with zero attached hydrogens (tertiary/aromatic N) is 3. The molecule has 134 valence electrons. The van der Waals surface area contributed by atoms with Crippen molar-refractivity contribution in [2.75, 3.05) is 17.3 Å². The van der Waals surface area contributed by atoms with Gasteiger partial charge < -0.3 is 9.30 Å². The van der Waals surface area contributed by atoms with E-state index >= 15 is 0 Å². The van der Waals surface area contributed by atoms with E-state index in [0.29, 0.717) is 22.4 Å². The Morgan fingerprint density at radius 3 is 2.72 bits per heavy atom. The average molecular weight is 402 g/mol. The van der Waals surface area contributed by atoms with Crippen LogP contribution in [0.25, 0.3) is 11.4 Å². The van der Waals surface area contributed by atoms with E-state index in [1.165, 1.54) is 11.8 Å². The van der Waals surface area contributed by atoms with Gasteiger partial charge in [-0.15, -0.1) is 10.2 Å². The molecule has 1 aliphatic rings. The molecule has 0 saturated carbocycles. The highest BCUT2D eigenvalue weighted by atomic mass is 35.5. The van der Waals surface area contributed by atoms with Gasteiger partial charge in [-0.05, 0) is 30.7 Å². The molecule has 3 rings (SSSR count). The number of benzene rings is 1. The molecule has 0 spiro atoms. The van der Waals surface area contributed by atoms with Crippen LogP contribution in [0.4, 0.5) is 0 Å². The summed E-state index contributed by atoms with van der Waals surface area (Å²) in [6.45, 7) is 0. The Hall–Kier alpha value is -1.58. The van der Waals surface area contributed by atoms with Crippen LogP contribution in [0, 0.1) is 0 Å². The van der Waals surface area contributed by atoms with E-state index in [2.05, 4.69) is 10.2 Å². The molecule has 1 fully saturated rings. The van der Waals surface area contributed by atoms with Crippen LogP contribution in [0.3, 0.4) is 0 Å². The minimum Gasteiger partial charge on any atom is -0.461 e. The fourth-order valence-electron chi connectivity index (χ4n) is 2.49. The number of hydrogen-bond donors (Lipinski definition) is 0. The van der Waals surface area contributed by atoms with Crippen LogP contribution < -0.4 is 0 Å². The summed E-state index contributed by atoms with van der Waals surface area (Å²) in [6, 6.07) is 7.22. The van der Waals surface area contributed by atoms with Crippen LogP contribution in [0.5, 0.6) is 0 Å². The van der Waals surface area contributed by atoms with E-state index < -0.39 is 21.9 Å². The van der Waals surface area contributed by atoms with Crippen LogP contribution in [0.1, 0.15) is 6.42 Å².